The van der Waals surface area contributed by atoms with Crippen LogP contribution in [0.25, 0.3) is 5.57 Å². The first-order valence-electron chi connectivity index (χ1n) is 13.9. The average molecular weight is 521 g/mol. The van der Waals surface area contributed by atoms with Crippen molar-refractivity contribution in [1.82, 2.24) is 14.9 Å². The third-order valence-electron chi connectivity index (χ3n) is 8.08. The fourth-order valence-corrected chi connectivity index (χ4v) is 11.9. The van der Waals surface area contributed by atoms with Crippen LogP contribution in [0.1, 0.15) is 84.2 Å². The van der Waals surface area contributed by atoms with Crippen LogP contribution in [0.5, 0.6) is 0 Å². The lowest BCUT2D eigenvalue weighted by molar-refractivity contribution is 0.0823. The summed E-state index contributed by atoms with van der Waals surface area (Å²) in [5.41, 5.74) is 5.99. The molecule has 0 amide bonds. The van der Waals surface area contributed by atoms with Gasteiger partial charge >= 0.3 is 0 Å². The van der Waals surface area contributed by atoms with E-state index in [9.17, 15) is 0 Å². The molecule has 1 aliphatic rings. The summed E-state index contributed by atoms with van der Waals surface area (Å²) < 4.78 is 7.19. The second kappa shape index (κ2) is 13.0. The van der Waals surface area contributed by atoms with Gasteiger partial charge in [0, 0.05) is 30.7 Å². The summed E-state index contributed by atoms with van der Waals surface area (Å²) in [7, 11) is -2.02. The number of nitrogens with one attached hydrogen (secondary N) is 1. The Kier molecular flexibility index (Phi) is 10.3. The summed E-state index contributed by atoms with van der Waals surface area (Å²) in [4.78, 5) is 12.0. The molecule has 1 aliphatic heterocycles. The first-order chi connectivity index (χ1) is 17.6. The molecule has 2 heterocycles. The molecule has 0 radical (unpaired) electrons. The molecule has 2 aromatic rings. The number of anilines is 1. The molecule has 0 saturated carbocycles. The molecule has 202 valence electrons. The second-order valence-corrected chi connectivity index (χ2v) is 16.9. The van der Waals surface area contributed by atoms with Crippen LogP contribution in [-0.2, 0) is 11.0 Å². The maximum atomic E-state index is 7.19. The van der Waals surface area contributed by atoms with Crippen molar-refractivity contribution in [3.8, 4) is 0 Å². The number of aromatic nitrogens is 2. The van der Waals surface area contributed by atoms with Crippen molar-refractivity contribution >= 4 is 19.7 Å². The molecule has 0 aliphatic carbocycles. The van der Waals surface area contributed by atoms with Crippen LogP contribution < -0.4 is 5.32 Å². The molecule has 0 saturated heterocycles. The summed E-state index contributed by atoms with van der Waals surface area (Å²) in [5, 5.41) is 3.69. The molecule has 0 bridgehead atoms. The molecule has 5 nitrogen and oxygen atoms in total. The molecule has 0 unspecified atom stereocenters. The Bertz CT molecular complexity index is 1010. The van der Waals surface area contributed by atoms with E-state index in [0.29, 0.717) is 23.2 Å². The smallest absolute Gasteiger partial charge is 0.200 e. The minimum Gasteiger partial charge on any atom is -0.414 e. The lowest BCUT2D eigenvalue weighted by atomic mass is 9.95. The molecule has 1 aromatic heterocycles. The standard InChI is InChI=1S/C31H48N4OSi/c1-10-11-17-28-29-30(22(2)3)33-21-34-31(29)32-18-27(35(28)19-26-15-13-12-14-16-26)20-36-37(23(4)5,24(6)7)25(8)9/h10,12-16,21,23-25,27-28H,1-2,11,17-20H2,3-9H3,(H,32,33,34)/t27-,28+/m0/s1. The van der Waals surface area contributed by atoms with Gasteiger partial charge in [0.05, 0.1) is 12.3 Å². The fraction of sp³-hybridized carbons (Fsp3) is 0.548. The topological polar surface area (TPSA) is 50.3 Å². The molecular formula is C31H48N4OSi. The minimum atomic E-state index is -2.02. The molecule has 2 atom stereocenters. The third kappa shape index (κ3) is 6.41. The van der Waals surface area contributed by atoms with Crippen LogP contribution in [0.4, 0.5) is 5.82 Å². The summed E-state index contributed by atoms with van der Waals surface area (Å²) in [5.74, 6) is 0.919. The van der Waals surface area contributed by atoms with Gasteiger partial charge in [-0.2, -0.15) is 0 Å². The van der Waals surface area contributed by atoms with Crippen molar-refractivity contribution < 1.29 is 4.43 Å². The second-order valence-electron chi connectivity index (χ2n) is 11.5. The fourth-order valence-electron chi connectivity index (χ4n) is 6.46. The first kappa shape index (κ1) is 29.3. The van der Waals surface area contributed by atoms with Crippen LogP contribution in [0.2, 0.25) is 16.6 Å². The van der Waals surface area contributed by atoms with Gasteiger partial charge in [-0.05, 0) is 47.5 Å². The van der Waals surface area contributed by atoms with Gasteiger partial charge in [0.2, 0.25) is 0 Å². The van der Waals surface area contributed by atoms with E-state index in [2.05, 4.69) is 100 Å². The van der Waals surface area contributed by atoms with Crippen LogP contribution in [-0.4, -0.2) is 42.4 Å². The maximum Gasteiger partial charge on any atom is 0.200 e. The van der Waals surface area contributed by atoms with Crippen molar-refractivity contribution in [2.75, 3.05) is 18.5 Å². The number of hydrogen-bond donors (Lipinski definition) is 1. The predicted molar refractivity (Wildman–Crippen MR) is 160 cm³/mol. The third-order valence-corrected chi connectivity index (χ3v) is 14.2. The molecule has 1 aromatic carbocycles. The number of benzene rings is 1. The van der Waals surface area contributed by atoms with E-state index < -0.39 is 8.32 Å². The predicted octanol–water partition coefficient (Wildman–Crippen LogP) is 8.01. The quantitative estimate of drug-likeness (QED) is 0.227. The summed E-state index contributed by atoms with van der Waals surface area (Å²) in [6.45, 7) is 26.8. The van der Waals surface area contributed by atoms with Gasteiger partial charge in [-0.15, -0.1) is 6.58 Å². The van der Waals surface area contributed by atoms with Crippen molar-refractivity contribution in [3.05, 3.63) is 72.7 Å². The van der Waals surface area contributed by atoms with Crippen LogP contribution in [0.3, 0.4) is 0 Å². The highest BCUT2D eigenvalue weighted by molar-refractivity contribution is 6.77. The Morgan fingerprint density at radius 2 is 1.76 bits per heavy atom. The highest BCUT2D eigenvalue weighted by Crippen LogP contribution is 2.44. The first-order valence-corrected chi connectivity index (χ1v) is 16.1. The molecule has 0 fully saturated rings. The Hall–Kier alpha value is -2.28. The van der Waals surface area contributed by atoms with Crippen molar-refractivity contribution in [1.29, 1.82) is 0 Å². The van der Waals surface area contributed by atoms with Crippen LogP contribution in [0.15, 0.2) is 55.9 Å². The average Bonchev–Trinajstić information content (AvgIpc) is 2.99. The Morgan fingerprint density at radius 1 is 1.11 bits per heavy atom. The van der Waals surface area contributed by atoms with Gasteiger partial charge in [-0.3, -0.25) is 4.90 Å². The van der Waals surface area contributed by atoms with Crippen molar-refractivity contribution in [2.24, 2.45) is 0 Å². The number of rotatable bonds is 12. The zero-order chi connectivity index (χ0) is 27.2. The molecule has 3 rings (SSSR count). The lowest BCUT2D eigenvalue weighted by Crippen LogP contribution is -2.52. The summed E-state index contributed by atoms with van der Waals surface area (Å²) in [6.07, 6.45) is 5.53. The lowest BCUT2D eigenvalue weighted by Gasteiger charge is -2.44. The van der Waals surface area contributed by atoms with Crippen LogP contribution >= 0.6 is 0 Å². The molecule has 6 heteroatoms. The number of fused-ring (bicyclic) bond motifs is 1. The highest BCUT2D eigenvalue weighted by atomic mass is 28.4. The molecular weight excluding hydrogens is 472 g/mol. The van der Waals surface area contributed by atoms with Crippen molar-refractivity contribution in [2.45, 2.75) is 96.6 Å². The van der Waals surface area contributed by atoms with E-state index in [1.807, 2.05) is 13.0 Å². The summed E-state index contributed by atoms with van der Waals surface area (Å²) in [6, 6.07) is 11.1. The number of hydrogen-bond acceptors (Lipinski definition) is 5. The maximum absolute atomic E-state index is 7.19. The largest absolute Gasteiger partial charge is 0.414 e. The SMILES string of the molecule is C=CCC[C@@H]1c2c(ncnc2C(=C)C)NC[C@@H](CO[Si](C(C)C)(C(C)C)C(C)C)N1Cc1ccccc1. The Labute approximate surface area is 226 Å². The van der Waals surface area contributed by atoms with E-state index in [0.717, 1.165) is 48.6 Å². The van der Waals surface area contributed by atoms with E-state index in [1.165, 1.54) is 5.56 Å². The zero-order valence-corrected chi connectivity index (χ0v) is 25.1. The minimum absolute atomic E-state index is 0.123. The molecule has 37 heavy (non-hydrogen) atoms. The monoisotopic (exact) mass is 520 g/mol. The van der Waals surface area contributed by atoms with E-state index in [1.54, 1.807) is 6.33 Å². The van der Waals surface area contributed by atoms with Gasteiger partial charge in [0.15, 0.2) is 8.32 Å². The normalized spacial score (nSPS) is 18.5. The van der Waals surface area contributed by atoms with E-state index >= 15 is 0 Å². The Morgan fingerprint density at radius 3 is 2.32 bits per heavy atom. The Balaban J connectivity index is 2.09. The van der Waals surface area contributed by atoms with Crippen molar-refractivity contribution in [3.63, 3.8) is 0 Å². The van der Waals surface area contributed by atoms with E-state index in [-0.39, 0.29) is 12.1 Å². The van der Waals surface area contributed by atoms with Crippen LogP contribution in [0, 0.1) is 0 Å². The number of allylic oxidation sites excluding steroid dienone is 2. The van der Waals surface area contributed by atoms with Gasteiger partial charge in [0.25, 0.3) is 0 Å². The van der Waals surface area contributed by atoms with Gasteiger partial charge < -0.3 is 9.74 Å². The summed E-state index contributed by atoms with van der Waals surface area (Å²) >= 11 is 0. The number of nitrogens with zero attached hydrogens (tertiary/aromatic N) is 3. The van der Waals surface area contributed by atoms with E-state index in [4.69, 9.17) is 9.41 Å². The van der Waals surface area contributed by atoms with Gasteiger partial charge in [-0.1, -0.05) is 84.5 Å². The molecule has 0 spiro atoms. The van der Waals surface area contributed by atoms with Gasteiger partial charge in [0.1, 0.15) is 12.1 Å². The van der Waals surface area contributed by atoms with Gasteiger partial charge in [-0.25, -0.2) is 9.97 Å². The zero-order valence-electron chi connectivity index (χ0n) is 24.1. The molecule has 1 N–H and O–H groups in total. The highest BCUT2D eigenvalue weighted by Gasteiger charge is 2.46.